The van der Waals surface area contributed by atoms with E-state index in [-0.39, 0.29) is 36.4 Å². The van der Waals surface area contributed by atoms with Crippen molar-refractivity contribution in [1.29, 1.82) is 0 Å². The zero-order valence-electron chi connectivity index (χ0n) is 14.9. The number of carbonyl (C=O) groups excluding carboxylic acids is 1. The summed E-state index contributed by atoms with van der Waals surface area (Å²) in [6.45, 7) is 2.48. The molecule has 0 saturated heterocycles. The van der Waals surface area contributed by atoms with Crippen molar-refractivity contribution in [2.75, 3.05) is 20.1 Å². The van der Waals surface area contributed by atoms with E-state index in [1.54, 1.807) is 7.05 Å². The van der Waals surface area contributed by atoms with Crippen molar-refractivity contribution in [3.63, 3.8) is 0 Å². The summed E-state index contributed by atoms with van der Waals surface area (Å²) in [4.78, 5) is 18.6. The van der Waals surface area contributed by atoms with Crippen LogP contribution in [0.4, 0.5) is 0 Å². The Labute approximate surface area is 171 Å². The molecule has 0 fully saturated rings. The highest BCUT2D eigenvalue weighted by Gasteiger charge is 2.18. The van der Waals surface area contributed by atoms with Crippen molar-refractivity contribution >= 4 is 35.8 Å². The minimum absolute atomic E-state index is 0. The second kappa shape index (κ2) is 10.2. The third-order valence-corrected chi connectivity index (χ3v) is 4.38. The van der Waals surface area contributed by atoms with E-state index in [0.29, 0.717) is 6.54 Å². The third kappa shape index (κ3) is 5.45. The van der Waals surface area contributed by atoms with E-state index < -0.39 is 0 Å². The van der Waals surface area contributed by atoms with E-state index >= 15 is 0 Å². The van der Waals surface area contributed by atoms with Crippen molar-refractivity contribution in [2.24, 2.45) is 4.99 Å². The summed E-state index contributed by atoms with van der Waals surface area (Å²) in [5.41, 5.74) is 3.81. The predicted octanol–water partition coefficient (Wildman–Crippen LogP) is 2.55. The molecule has 1 heterocycles. The molecule has 2 N–H and O–H groups in total. The van der Waals surface area contributed by atoms with Gasteiger partial charge in [0.2, 0.25) is 5.91 Å². The summed E-state index contributed by atoms with van der Waals surface area (Å²) >= 11 is 0. The quantitative estimate of drug-likeness (QED) is 0.416. The van der Waals surface area contributed by atoms with Gasteiger partial charge in [0.05, 0.1) is 6.54 Å². The average molecular weight is 464 g/mol. The molecule has 0 atom stereocenters. The molecule has 0 spiro atoms. The predicted molar refractivity (Wildman–Crippen MR) is 116 cm³/mol. The standard InChI is InChI=1S/C20H24N4O.HI/c1-21-20(24-12-11-17-9-5-6-10-18(17)15-24)23-14-19(25)22-13-16-7-3-2-4-8-16;/h2-10H,11-15H2,1H3,(H,21,23)(H,22,25);1H. The molecule has 1 amide bonds. The molecule has 0 unspecified atom stereocenters. The van der Waals surface area contributed by atoms with Crippen LogP contribution in [0.3, 0.4) is 0 Å². The van der Waals surface area contributed by atoms with E-state index in [0.717, 1.165) is 31.0 Å². The van der Waals surface area contributed by atoms with Gasteiger partial charge in [-0.15, -0.1) is 24.0 Å². The number of benzene rings is 2. The van der Waals surface area contributed by atoms with Crippen LogP contribution in [0.1, 0.15) is 16.7 Å². The Kier molecular flexibility index (Phi) is 7.90. The molecule has 5 nitrogen and oxygen atoms in total. The second-order valence-electron chi connectivity index (χ2n) is 6.10. The first-order chi connectivity index (χ1) is 12.3. The summed E-state index contributed by atoms with van der Waals surface area (Å²) in [7, 11) is 1.75. The first-order valence-corrected chi connectivity index (χ1v) is 8.59. The summed E-state index contributed by atoms with van der Waals surface area (Å²) in [5, 5.41) is 6.09. The van der Waals surface area contributed by atoms with E-state index in [2.05, 4.69) is 44.8 Å². The molecule has 6 heteroatoms. The van der Waals surface area contributed by atoms with Crippen LogP contribution in [0.2, 0.25) is 0 Å². The van der Waals surface area contributed by atoms with Crippen LogP contribution in [-0.2, 0) is 24.3 Å². The van der Waals surface area contributed by atoms with Gasteiger partial charge in [-0.2, -0.15) is 0 Å². The Hall–Kier alpha value is -2.09. The SMILES string of the molecule is CN=C(NCC(=O)NCc1ccccc1)N1CCc2ccccc2C1.I. The number of hydrogen-bond donors (Lipinski definition) is 2. The monoisotopic (exact) mass is 464 g/mol. The Bertz CT molecular complexity index is 748. The number of nitrogens with one attached hydrogen (secondary N) is 2. The lowest BCUT2D eigenvalue weighted by Crippen LogP contribution is -2.47. The van der Waals surface area contributed by atoms with Gasteiger partial charge in [-0.3, -0.25) is 9.79 Å². The highest BCUT2D eigenvalue weighted by atomic mass is 127. The molecule has 26 heavy (non-hydrogen) atoms. The van der Waals surface area contributed by atoms with Gasteiger partial charge in [0, 0.05) is 26.7 Å². The molecule has 0 radical (unpaired) electrons. The number of carbonyl (C=O) groups is 1. The molecule has 3 rings (SSSR count). The molecule has 0 saturated carbocycles. The fraction of sp³-hybridized carbons (Fsp3) is 0.300. The molecule has 2 aromatic rings. The number of amides is 1. The molecule has 0 bridgehead atoms. The van der Waals surface area contributed by atoms with Crippen LogP contribution < -0.4 is 10.6 Å². The van der Waals surface area contributed by atoms with Crippen LogP contribution in [-0.4, -0.2) is 36.9 Å². The largest absolute Gasteiger partial charge is 0.350 e. The normalized spacial score (nSPS) is 13.4. The molecular weight excluding hydrogens is 439 g/mol. The van der Waals surface area contributed by atoms with Crippen LogP contribution in [0, 0.1) is 0 Å². The maximum Gasteiger partial charge on any atom is 0.239 e. The zero-order valence-corrected chi connectivity index (χ0v) is 17.3. The maximum atomic E-state index is 12.1. The fourth-order valence-electron chi connectivity index (χ4n) is 3.03. The molecule has 0 aromatic heterocycles. The van der Waals surface area contributed by atoms with Crippen LogP contribution in [0.15, 0.2) is 59.6 Å². The minimum atomic E-state index is -0.0394. The van der Waals surface area contributed by atoms with Crippen molar-refractivity contribution in [1.82, 2.24) is 15.5 Å². The Morgan fingerprint density at radius 3 is 2.46 bits per heavy atom. The van der Waals surface area contributed by atoms with E-state index in [1.807, 2.05) is 30.3 Å². The lowest BCUT2D eigenvalue weighted by atomic mass is 10.0. The summed E-state index contributed by atoms with van der Waals surface area (Å²) < 4.78 is 0. The van der Waals surface area contributed by atoms with Gasteiger partial charge < -0.3 is 15.5 Å². The van der Waals surface area contributed by atoms with Gasteiger partial charge in [-0.1, -0.05) is 54.6 Å². The van der Waals surface area contributed by atoms with E-state index in [1.165, 1.54) is 11.1 Å². The number of rotatable bonds is 4. The number of fused-ring (bicyclic) bond motifs is 1. The summed E-state index contributed by atoms with van der Waals surface area (Å²) in [6.07, 6.45) is 0.997. The Morgan fingerprint density at radius 1 is 1.04 bits per heavy atom. The number of halogens is 1. The van der Waals surface area contributed by atoms with Gasteiger partial charge in [0.25, 0.3) is 0 Å². The second-order valence-corrected chi connectivity index (χ2v) is 6.10. The molecule has 138 valence electrons. The molecule has 1 aliphatic rings. The highest BCUT2D eigenvalue weighted by molar-refractivity contribution is 14.0. The minimum Gasteiger partial charge on any atom is -0.350 e. The molecule has 1 aliphatic heterocycles. The third-order valence-electron chi connectivity index (χ3n) is 4.38. The summed E-state index contributed by atoms with van der Waals surface area (Å²) in [6, 6.07) is 18.4. The van der Waals surface area contributed by atoms with Gasteiger partial charge in [0.15, 0.2) is 5.96 Å². The molecular formula is C20H25IN4O. The summed E-state index contributed by atoms with van der Waals surface area (Å²) in [5.74, 6) is 0.728. The van der Waals surface area contributed by atoms with E-state index in [9.17, 15) is 4.79 Å². The number of guanidine groups is 1. The van der Waals surface area contributed by atoms with Crippen molar-refractivity contribution in [2.45, 2.75) is 19.5 Å². The van der Waals surface area contributed by atoms with Crippen molar-refractivity contribution < 1.29 is 4.79 Å². The first kappa shape index (κ1) is 20.2. The number of aliphatic imine (C=N–C) groups is 1. The topological polar surface area (TPSA) is 56.7 Å². The van der Waals surface area contributed by atoms with E-state index in [4.69, 9.17) is 0 Å². The lowest BCUT2D eigenvalue weighted by molar-refractivity contribution is -0.120. The number of nitrogens with zero attached hydrogens (tertiary/aromatic N) is 2. The van der Waals surface area contributed by atoms with Crippen LogP contribution in [0.25, 0.3) is 0 Å². The smallest absolute Gasteiger partial charge is 0.239 e. The lowest BCUT2D eigenvalue weighted by Gasteiger charge is -2.31. The number of hydrogen-bond acceptors (Lipinski definition) is 2. The first-order valence-electron chi connectivity index (χ1n) is 8.59. The highest BCUT2D eigenvalue weighted by Crippen LogP contribution is 2.18. The average Bonchev–Trinajstić information content (AvgIpc) is 2.67. The van der Waals surface area contributed by atoms with Crippen molar-refractivity contribution in [3.05, 3.63) is 71.3 Å². The van der Waals surface area contributed by atoms with Gasteiger partial charge in [0.1, 0.15) is 0 Å². The van der Waals surface area contributed by atoms with Crippen molar-refractivity contribution in [3.8, 4) is 0 Å². The van der Waals surface area contributed by atoms with Crippen LogP contribution in [0.5, 0.6) is 0 Å². The Morgan fingerprint density at radius 2 is 1.73 bits per heavy atom. The fourth-order valence-corrected chi connectivity index (χ4v) is 3.03. The van der Waals surface area contributed by atoms with Gasteiger partial charge in [-0.25, -0.2) is 0 Å². The zero-order chi connectivity index (χ0) is 17.5. The molecule has 0 aliphatic carbocycles. The maximum absolute atomic E-state index is 12.1. The molecule has 2 aromatic carbocycles. The van der Waals surface area contributed by atoms with Gasteiger partial charge >= 0.3 is 0 Å². The van der Waals surface area contributed by atoms with Crippen LogP contribution >= 0.6 is 24.0 Å². The Balaban J connectivity index is 0.00000243. The van der Waals surface area contributed by atoms with Gasteiger partial charge in [-0.05, 0) is 23.1 Å².